The van der Waals surface area contributed by atoms with Crippen molar-refractivity contribution in [2.75, 3.05) is 0 Å². The molecule has 10 nitrogen and oxygen atoms in total. The van der Waals surface area contributed by atoms with E-state index >= 15 is 0 Å². The minimum atomic E-state index is 0.536. The Morgan fingerprint density at radius 2 is 0.585 bits per heavy atom. The molecule has 0 unspecified atom stereocenters. The van der Waals surface area contributed by atoms with Crippen LogP contribution in [-0.4, -0.2) is 48.2 Å². The van der Waals surface area contributed by atoms with Crippen LogP contribution in [0.5, 0.6) is 0 Å². The van der Waals surface area contributed by atoms with E-state index in [1.807, 2.05) is 72.8 Å². The fraction of sp³-hybridized carbons (Fsp3) is 0.0278. The van der Waals surface area contributed by atoms with Gasteiger partial charge in [-0.1, -0.05) is 224 Å². The maximum Gasteiger partial charge on any atom is 0.238 e. The Morgan fingerprint density at radius 1 is 0.268 bits per heavy atom. The van der Waals surface area contributed by atoms with Crippen LogP contribution in [0.1, 0.15) is 12.8 Å². The molecule has 1 aliphatic carbocycles. The minimum Gasteiger partial charge on any atom is -0.309 e. The van der Waals surface area contributed by atoms with Gasteiger partial charge in [-0.05, 0) is 43.2 Å². The summed E-state index contributed by atoms with van der Waals surface area (Å²) in [4.78, 5) is 32.0. The van der Waals surface area contributed by atoms with Gasteiger partial charge in [0, 0.05) is 76.7 Å². The highest BCUT2D eigenvalue weighted by Gasteiger charge is 2.29. The number of nitrogens with zero attached hydrogens (tertiary/aromatic N) is 10. The van der Waals surface area contributed by atoms with Crippen LogP contribution in [0.4, 0.5) is 0 Å². The summed E-state index contributed by atoms with van der Waals surface area (Å²) in [6.45, 7) is 0. The molecule has 1 aliphatic rings. The molecule has 17 rings (SSSR count). The SMILES string of the molecule is C1=CCCC(n2c3c(ccc4c5ccccc5n(-c5nc(-c6ccccc6)nc(-c6ccccc6)n5)c43)c3ccc4c5ccc6c7ccccc7n(-c7nc(-c8ccccc8)nc(-c8ccccc8)n7)c6c5n(-c5ccccc5)c4c32)=C1. The van der Waals surface area contributed by atoms with Crippen LogP contribution in [0, 0.1) is 0 Å². The van der Waals surface area contributed by atoms with Crippen LogP contribution >= 0.6 is 0 Å². The topological polar surface area (TPSA) is 97.1 Å². The summed E-state index contributed by atoms with van der Waals surface area (Å²) in [7, 11) is 0. The summed E-state index contributed by atoms with van der Waals surface area (Å²) in [6, 6.07) is 82.9. The number of hydrogen-bond donors (Lipinski definition) is 0. The van der Waals surface area contributed by atoms with E-state index in [9.17, 15) is 0 Å². The van der Waals surface area contributed by atoms with Crippen LogP contribution in [0.15, 0.2) is 255 Å². The highest BCUT2D eigenvalue weighted by Crippen LogP contribution is 2.48. The molecular weight excluding hydrogens is 1000 g/mol. The van der Waals surface area contributed by atoms with E-state index in [4.69, 9.17) is 29.9 Å². The van der Waals surface area contributed by atoms with E-state index in [0.717, 1.165) is 128 Å². The summed E-state index contributed by atoms with van der Waals surface area (Å²) >= 11 is 0. The average Bonchev–Trinajstić information content (AvgIpc) is 2.81. The zero-order chi connectivity index (χ0) is 53.8. The van der Waals surface area contributed by atoms with Gasteiger partial charge in [0.2, 0.25) is 11.9 Å². The average molecular weight is 1050 g/mol. The molecule has 0 radical (unpaired) electrons. The van der Waals surface area contributed by atoms with Gasteiger partial charge in [-0.15, -0.1) is 0 Å². The van der Waals surface area contributed by atoms with Gasteiger partial charge in [0.1, 0.15) is 0 Å². The zero-order valence-corrected chi connectivity index (χ0v) is 44.1. The Labute approximate surface area is 469 Å². The number of fused-ring (bicyclic) bond motifs is 15. The Balaban J connectivity index is 1.05. The molecule has 6 heterocycles. The van der Waals surface area contributed by atoms with Gasteiger partial charge >= 0.3 is 0 Å². The van der Waals surface area contributed by atoms with Crippen molar-refractivity contribution in [2.45, 2.75) is 12.8 Å². The standard InChI is InChI=1S/C72H46N10/c1-7-23-45(24-8-1)67-73-68(46-25-9-2-10-26-46)76-71(75-67)81-59-37-21-19-35-51(59)53-39-41-57-55-43-44-56-58-42-40-54-52-36-20-22-38-60(52)82(72-77-69(47-27-11-3-12-28-47)74-70(78-72)48-29-13-4-14-30-48)66(54)64(58)80(50-33-17-6-18-34-50)62(56)61(55)79(63(57)65(53)81)49-31-15-5-16-32-49/h1-17,19-33,35-44H,18,34H2. The molecule has 0 amide bonds. The van der Waals surface area contributed by atoms with Crippen molar-refractivity contribution in [2.24, 2.45) is 0 Å². The molecule has 0 atom stereocenters. The van der Waals surface area contributed by atoms with Crippen molar-refractivity contribution in [3.05, 3.63) is 255 Å². The van der Waals surface area contributed by atoms with E-state index in [2.05, 4.69) is 200 Å². The second-order valence-corrected chi connectivity index (χ2v) is 20.9. The highest BCUT2D eigenvalue weighted by atomic mass is 15.2. The minimum absolute atomic E-state index is 0.536. The Kier molecular flexibility index (Phi) is 10.2. The van der Waals surface area contributed by atoms with Gasteiger partial charge in [0.25, 0.3) is 0 Å². The Bertz CT molecular complexity index is 5190. The number of allylic oxidation sites excluding steroid dienone is 4. The van der Waals surface area contributed by atoms with Crippen molar-refractivity contribution in [3.8, 4) is 63.1 Å². The molecule has 16 aromatic rings. The lowest BCUT2D eigenvalue weighted by atomic mass is 10.1. The smallest absolute Gasteiger partial charge is 0.238 e. The van der Waals surface area contributed by atoms with Crippen LogP contribution < -0.4 is 0 Å². The number of para-hydroxylation sites is 3. The normalized spacial score (nSPS) is 12.8. The zero-order valence-electron chi connectivity index (χ0n) is 44.1. The molecule has 0 bridgehead atoms. The molecule has 0 spiro atoms. The predicted octanol–water partition coefficient (Wildman–Crippen LogP) is 17.3. The number of rotatable bonds is 8. The van der Waals surface area contributed by atoms with Crippen molar-refractivity contribution in [1.82, 2.24) is 48.2 Å². The lowest BCUT2D eigenvalue weighted by Gasteiger charge is -2.17. The summed E-state index contributed by atoms with van der Waals surface area (Å²) < 4.78 is 9.64. The largest absolute Gasteiger partial charge is 0.309 e. The third kappa shape index (κ3) is 6.94. The van der Waals surface area contributed by atoms with Gasteiger partial charge in [-0.3, -0.25) is 9.13 Å². The molecule has 0 aliphatic heterocycles. The molecule has 82 heavy (non-hydrogen) atoms. The summed E-state index contributed by atoms with van der Waals surface area (Å²) in [5.74, 6) is 3.48. The van der Waals surface area contributed by atoms with Gasteiger partial charge in [0.15, 0.2) is 23.3 Å². The van der Waals surface area contributed by atoms with E-state index in [1.165, 1.54) is 5.70 Å². The molecule has 10 aromatic carbocycles. The number of benzene rings is 10. The summed E-state index contributed by atoms with van der Waals surface area (Å²) in [6.07, 6.45) is 8.53. The van der Waals surface area contributed by atoms with Crippen molar-refractivity contribution < 1.29 is 0 Å². The summed E-state index contributed by atoms with van der Waals surface area (Å²) in [5.41, 5.74) is 14.2. The first-order chi connectivity index (χ1) is 40.7. The van der Waals surface area contributed by atoms with E-state index in [0.29, 0.717) is 35.2 Å². The molecule has 0 fully saturated rings. The van der Waals surface area contributed by atoms with Crippen LogP contribution in [-0.2, 0) is 0 Å². The third-order valence-corrected chi connectivity index (χ3v) is 16.3. The van der Waals surface area contributed by atoms with E-state index in [1.54, 1.807) is 0 Å². The fourth-order valence-electron chi connectivity index (χ4n) is 12.8. The first-order valence-corrected chi connectivity index (χ1v) is 27.8. The Morgan fingerprint density at radius 3 is 0.951 bits per heavy atom. The number of aromatic nitrogens is 10. The van der Waals surface area contributed by atoms with Gasteiger partial charge in [0.05, 0.1) is 44.1 Å². The first-order valence-electron chi connectivity index (χ1n) is 27.8. The quantitative estimate of drug-likeness (QED) is 0.150. The molecule has 0 N–H and O–H groups in total. The van der Waals surface area contributed by atoms with Gasteiger partial charge in [-0.2, -0.15) is 19.9 Å². The lowest BCUT2D eigenvalue weighted by molar-refractivity contribution is 0.949. The molecule has 384 valence electrons. The molecule has 0 saturated heterocycles. The molecule has 10 heteroatoms. The molecule has 6 aromatic heterocycles. The van der Waals surface area contributed by atoms with Crippen molar-refractivity contribution >= 4 is 92.9 Å². The molecule has 0 saturated carbocycles. The summed E-state index contributed by atoms with van der Waals surface area (Å²) in [5, 5.41) is 8.91. The molecular formula is C72H46N10. The lowest BCUT2D eigenvalue weighted by Crippen LogP contribution is -2.08. The van der Waals surface area contributed by atoms with Crippen molar-refractivity contribution in [1.29, 1.82) is 0 Å². The number of hydrogen-bond acceptors (Lipinski definition) is 6. The fourth-order valence-corrected chi connectivity index (χ4v) is 12.8. The maximum atomic E-state index is 5.42. The predicted molar refractivity (Wildman–Crippen MR) is 334 cm³/mol. The van der Waals surface area contributed by atoms with Gasteiger partial charge < -0.3 is 9.13 Å². The van der Waals surface area contributed by atoms with Crippen LogP contribution in [0.25, 0.3) is 156 Å². The first kappa shape index (κ1) is 45.9. The highest BCUT2D eigenvalue weighted by molar-refractivity contribution is 6.31. The third-order valence-electron chi connectivity index (χ3n) is 16.3. The van der Waals surface area contributed by atoms with E-state index < -0.39 is 0 Å². The second kappa shape index (κ2) is 18.2. The van der Waals surface area contributed by atoms with Crippen LogP contribution in [0.3, 0.4) is 0 Å². The monoisotopic (exact) mass is 1050 g/mol. The van der Waals surface area contributed by atoms with Crippen molar-refractivity contribution in [3.63, 3.8) is 0 Å². The van der Waals surface area contributed by atoms with E-state index in [-0.39, 0.29) is 0 Å². The maximum absolute atomic E-state index is 5.42. The second-order valence-electron chi connectivity index (χ2n) is 20.9. The van der Waals surface area contributed by atoms with Crippen LogP contribution in [0.2, 0.25) is 0 Å². The van der Waals surface area contributed by atoms with Gasteiger partial charge in [-0.25, -0.2) is 9.97 Å². The Hall–Kier alpha value is -11.1.